The first kappa shape index (κ1) is 23.6. The molecule has 0 spiro atoms. The van der Waals surface area contributed by atoms with Crippen molar-refractivity contribution < 1.29 is 17.9 Å². The summed E-state index contributed by atoms with van der Waals surface area (Å²) in [4.78, 5) is 19.9. The van der Waals surface area contributed by atoms with Crippen LogP contribution >= 0.6 is 11.8 Å². The maximum Gasteiger partial charge on any atom is 0.233 e. The topological polar surface area (TPSA) is 81.5 Å². The maximum absolute atomic E-state index is 13.3. The van der Waals surface area contributed by atoms with Gasteiger partial charge in [-0.3, -0.25) is 9.36 Å². The van der Waals surface area contributed by atoms with Crippen molar-refractivity contribution in [1.82, 2.24) is 14.5 Å². The van der Waals surface area contributed by atoms with E-state index in [1.807, 2.05) is 66.9 Å². The van der Waals surface area contributed by atoms with E-state index in [0.29, 0.717) is 6.42 Å². The summed E-state index contributed by atoms with van der Waals surface area (Å²) in [5.41, 5.74) is 2.74. The molecule has 0 saturated carbocycles. The molecular weight excluding hydrogens is 458 g/mol. The molecule has 2 atom stereocenters. The van der Waals surface area contributed by atoms with Crippen LogP contribution in [-0.2, 0) is 14.6 Å². The molecule has 2 aromatic carbocycles. The summed E-state index contributed by atoms with van der Waals surface area (Å²) in [7, 11) is -1.44. The van der Waals surface area contributed by atoms with Gasteiger partial charge in [0.2, 0.25) is 5.91 Å². The Bertz CT molecular complexity index is 1240. The van der Waals surface area contributed by atoms with E-state index in [9.17, 15) is 13.2 Å². The number of thioether (sulfide) groups is 1. The van der Waals surface area contributed by atoms with Crippen molar-refractivity contribution in [2.75, 3.05) is 24.4 Å². The Morgan fingerprint density at radius 1 is 1.24 bits per heavy atom. The molecule has 0 radical (unpaired) electrons. The highest BCUT2D eigenvalue weighted by molar-refractivity contribution is 7.99. The summed E-state index contributed by atoms with van der Waals surface area (Å²) in [5, 5.41) is 0.720. The number of methoxy groups -OCH3 is 1. The molecule has 33 heavy (non-hydrogen) atoms. The third-order valence-corrected chi connectivity index (χ3v) is 8.81. The second kappa shape index (κ2) is 9.77. The van der Waals surface area contributed by atoms with Crippen molar-refractivity contribution in [3.63, 3.8) is 0 Å². The molecule has 176 valence electrons. The number of hydrogen-bond donors (Lipinski definition) is 0. The van der Waals surface area contributed by atoms with Crippen LogP contribution in [0, 0.1) is 0 Å². The number of hydrogen-bond acceptors (Lipinski definition) is 6. The number of rotatable bonds is 8. The number of imidazole rings is 1. The summed E-state index contributed by atoms with van der Waals surface area (Å²) in [6.07, 6.45) is 1.28. The van der Waals surface area contributed by atoms with E-state index in [2.05, 4.69) is 0 Å². The van der Waals surface area contributed by atoms with Crippen molar-refractivity contribution in [2.24, 2.45) is 0 Å². The molecule has 7 nitrogen and oxygen atoms in total. The molecule has 2 heterocycles. The second-order valence-corrected chi connectivity index (χ2v) is 11.5. The molecule has 0 aliphatic carbocycles. The quantitative estimate of drug-likeness (QED) is 0.448. The molecule has 0 bridgehead atoms. The Morgan fingerprint density at radius 2 is 1.97 bits per heavy atom. The van der Waals surface area contributed by atoms with Crippen LogP contribution in [0.5, 0.6) is 5.75 Å². The van der Waals surface area contributed by atoms with Gasteiger partial charge < -0.3 is 9.64 Å². The Hall–Kier alpha value is -2.52. The van der Waals surface area contributed by atoms with E-state index in [1.165, 1.54) is 11.8 Å². The fourth-order valence-electron chi connectivity index (χ4n) is 4.28. The number of carbonyl (C=O) groups excluding carboxylic acids is 1. The predicted molar refractivity (Wildman–Crippen MR) is 132 cm³/mol. The van der Waals surface area contributed by atoms with Crippen molar-refractivity contribution in [3.8, 4) is 11.4 Å². The Labute approximate surface area is 199 Å². The van der Waals surface area contributed by atoms with E-state index in [4.69, 9.17) is 9.72 Å². The average Bonchev–Trinajstić information content (AvgIpc) is 3.37. The number of benzene rings is 2. The van der Waals surface area contributed by atoms with Crippen LogP contribution in [0.4, 0.5) is 0 Å². The fourth-order valence-corrected chi connectivity index (χ4v) is 6.89. The molecule has 1 amide bonds. The van der Waals surface area contributed by atoms with Gasteiger partial charge in [-0.05, 0) is 56.2 Å². The lowest BCUT2D eigenvalue weighted by Crippen LogP contribution is -2.47. The highest BCUT2D eigenvalue weighted by Gasteiger charge is 2.36. The minimum absolute atomic E-state index is 0.0168. The van der Waals surface area contributed by atoms with Gasteiger partial charge in [-0.1, -0.05) is 30.8 Å². The number of para-hydroxylation sites is 2. The van der Waals surface area contributed by atoms with Gasteiger partial charge in [-0.25, -0.2) is 13.4 Å². The number of amides is 1. The van der Waals surface area contributed by atoms with Gasteiger partial charge in [0.15, 0.2) is 15.0 Å². The molecule has 1 saturated heterocycles. The predicted octanol–water partition coefficient (Wildman–Crippen LogP) is 3.94. The summed E-state index contributed by atoms with van der Waals surface area (Å²) in [5.74, 6) is 1.12. The molecule has 2 unspecified atom stereocenters. The first-order chi connectivity index (χ1) is 15.8. The second-order valence-electron chi connectivity index (χ2n) is 8.32. The van der Waals surface area contributed by atoms with Crippen LogP contribution in [0.3, 0.4) is 0 Å². The van der Waals surface area contributed by atoms with E-state index >= 15 is 0 Å². The lowest BCUT2D eigenvalue weighted by atomic mass is 10.1. The van der Waals surface area contributed by atoms with E-state index < -0.39 is 9.84 Å². The SMILES string of the molecule is CCC(C)N(C(=O)CSc1nc2ccccc2n1-c1ccc(OC)cc1)C1CCS(=O)(=O)C1. The number of fused-ring (bicyclic) bond motifs is 1. The van der Waals surface area contributed by atoms with Gasteiger partial charge in [0, 0.05) is 17.8 Å². The average molecular weight is 488 g/mol. The molecular formula is C24H29N3O4S2. The number of sulfone groups is 1. The van der Waals surface area contributed by atoms with Gasteiger partial charge >= 0.3 is 0 Å². The fraction of sp³-hybridized carbons (Fsp3) is 0.417. The third-order valence-electron chi connectivity index (χ3n) is 6.14. The summed E-state index contributed by atoms with van der Waals surface area (Å²) < 4.78 is 31.4. The summed E-state index contributed by atoms with van der Waals surface area (Å²) in [6.45, 7) is 4.00. The Kier molecular flexibility index (Phi) is 6.99. The van der Waals surface area contributed by atoms with Gasteiger partial charge in [0.25, 0.3) is 0 Å². The van der Waals surface area contributed by atoms with Gasteiger partial charge in [-0.2, -0.15) is 0 Å². The minimum Gasteiger partial charge on any atom is -0.497 e. The molecule has 1 aromatic heterocycles. The van der Waals surface area contributed by atoms with Crippen LogP contribution < -0.4 is 4.74 Å². The van der Waals surface area contributed by atoms with Crippen molar-refractivity contribution in [3.05, 3.63) is 48.5 Å². The first-order valence-electron chi connectivity index (χ1n) is 11.1. The van der Waals surface area contributed by atoms with Gasteiger partial charge in [0.05, 0.1) is 35.4 Å². The van der Waals surface area contributed by atoms with Crippen LogP contribution in [-0.4, -0.2) is 65.2 Å². The maximum atomic E-state index is 13.3. The van der Waals surface area contributed by atoms with E-state index in [0.717, 1.165) is 34.0 Å². The Balaban J connectivity index is 1.61. The smallest absolute Gasteiger partial charge is 0.233 e. The molecule has 4 rings (SSSR count). The molecule has 1 aliphatic heterocycles. The highest BCUT2D eigenvalue weighted by atomic mass is 32.2. The van der Waals surface area contributed by atoms with E-state index in [1.54, 1.807) is 12.0 Å². The van der Waals surface area contributed by atoms with Crippen molar-refractivity contribution in [1.29, 1.82) is 0 Å². The Morgan fingerprint density at radius 3 is 2.61 bits per heavy atom. The lowest BCUT2D eigenvalue weighted by Gasteiger charge is -2.33. The first-order valence-corrected chi connectivity index (χ1v) is 13.9. The van der Waals surface area contributed by atoms with Gasteiger partial charge in [0.1, 0.15) is 5.75 Å². The standard InChI is InChI=1S/C24H29N3O4S2/c1-4-17(2)26(19-13-14-33(29,30)16-19)23(28)15-32-24-25-21-7-5-6-8-22(21)27(24)18-9-11-20(31-3)12-10-18/h5-12,17,19H,4,13-16H2,1-3H3. The third kappa shape index (κ3) is 5.04. The minimum atomic E-state index is -3.08. The normalized spacial score (nSPS) is 18.3. The van der Waals surface area contributed by atoms with Gasteiger partial charge in [-0.15, -0.1) is 0 Å². The lowest BCUT2D eigenvalue weighted by molar-refractivity contribution is -0.132. The van der Waals surface area contributed by atoms with E-state index in [-0.39, 0.29) is 35.2 Å². The monoisotopic (exact) mass is 487 g/mol. The molecule has 9 heteroatoms. The molecule has 0 N–H and O–H groups in total. The zero-order chi connectivity index (χ0) is 23.6. The van der Waals surface area contributed by atoms with Crippen LogP contribution in [0.2, 0.25) is 0 Å². The van der Waals surface area contributed by atoms with Crippen LogP contribution in [0.25, 0.3) is 16.7 Å². The number of carbonyl (C=O) groups is 1. The largest absolute Gasteiger partial charge is 0.497 e. The zero-order valence-electron chi connectivity index (χ0n) is 19.1. The summed E-state index contributed by atoms with van der Waals surface area (Å²) in [6, 6.07) is 15.3. The highest BCUT2D eigenvalue weighted by Crippen LogP contribution is 2.30. The zero-order valence-corrected chi connectivity index (χ0v) is 20.7. The van der Waals surface area contributed by atoms with Crippen molar-refractivity contribution in [2.45, 2.75) is 43.9 Å². The number of aromatic nitrogens is 2. The molecule has 3 aromatic rings. The summed E-state index contributed by atoms with van der Waals surface area (Å²) >= 11 is 1.38. The van der Waals surface area contributed by atoms with Crippen molar-refractivity contribution >= 4 is 38.5 Å². The number of nitrogens with zero attached hydrogens (tertiary/aromatic N) is 3. The molecule has 1 fully saturated rings. The van der Waals surface area contributed by atoms with Crippen LogP contribution in [0.1, 0.15) is 26.7 Å². The molecule has 1 aliphatic rings. The van der Waals surface area contributed by atoms with Crippen LogP contribution in [0.15, 0.2) is 53.7 Å². The number of ether oxygens (including phenoxy) is 1.